The maximum absolute atomic E-state index is 12.7. The summed E-state index contributed by atoms with van der Waals surface area (Å²) >= 11 is 2.87. The molecule has 4 rings (SSSR count). The van der Waals surface area contributed by atoms with Gasteiger partial charge in [-0.25, -0.2) is 4.98 Å². The lowest BCUT2D eigenvalue weighted by Crippen LogP contribution is -2.42. The fraction of sp³-hybridized carbons (Fsp3) is 0.278. The number of hydrogen-bond acceptors (Lipinski definition) is 5. The van der Waals surface area contributed by atoms with Gasteiger partial charge in [-0.15, -0.1) is 11.3 Å². The van der Waals surface area contributed by atoms with Crippen LogP contribution in [0, 0.1) is 6.92 Å². The van der Waals surface area contributed by atoms with Gasteiger partial charge in [0.05, 0.1) is 15.1 Å². The largest absolute Gasteiger partial charge is 0.326 e. The summed E-state index contributed by atoms with van der Waals surface area (Å²) < 4.78 is 1.05. The van der Waals surface area contributed by atoms with Crippen molar-refractivity contribution in [3.63, 3.8) is 0 Å². The molecule has 1 aliphatic rings. The number of hydrogen-bond donors (Lipinski definition) is 1. The van der Waals surface area contributed by atoms with Crippen LogP contribution in [0.3, 0.4) is 0 Å². The van der Waals surface area contributed by atoms with Gasteiger partial charge in [-0.2, -0.15) is 0 Å². The number of carbonyl (C=O) groups is 2. The highest BCUT2D eigenvalue weighted by atomic mass is 32.1. The molecule has 1 fully saturated rings. The van der Waals surface area contributed by atoms with Crippen molar-refractivity contribution in [1.82, 2.24) is 9.88 Å². The zero-order valence-electron chi connectivity index (χ0n) is 13.7. The topological polar surface area (TPSA) is 62.3 Å². The third kappa shape index (κ3) is 3.17. The fourth-order valence-electron chi connectivity index (χ4n) is 3.10. The van der Waals surface area contributed by atoms with Crippen LogP contribution < -0.4 is 5.32 Å². The standard InChI is InChI=1S/C18H17N3O2S2/c1-11-6-7-12-15(10-11)25-18(19-12)20-16(22)13-4-2-8-21(13)17(23)14-5-3-9-24-14/h3,5-7,9-10,13H,2,4,8H2,1H3,(H,19,20,22)/t13-/m0/s1. The van der Waals surface area contributed by atoms with Gasteiger partial charge in [-0.1, -0.05) is 23.5 Å². The van der Waals surface area contributed by atoms with E-state index < -0.39 is 6.04 Å². The van der Waals surface area contributed by atoms with Crippen LogP contribution in [0.15, 0.2) is 35.7 Å². The third-order valence-electron chi connectivity index (χ3n) is 4.32. The van der Waals surface area contributed by atoms with Crippen LogP contribution in [0.1, 0.15) is 28.1 Å². The van der Waals surface area contributed by atoms with Gasteiger partial charge in [-0.05, 0) is 48.9 Å². The van der Waals surface area contributed by atoms with Gasteiger partial charge in [0.2, 0.25) is 5.91 Å². The molecule has 2 aromatic heterocycles. The lowest BCUT2D eigenvalue weighted by atomic mass is 10.2. The van der Waals surface area contributed by atoms with Crippen LogP contribution in [-0.2, 0) is 4.79 Å². The molecule has 3 aromatic rings. The molecule has 25 heavy (non-hydrogen) atoms. The molecule has 0 aliphatic carbocycles. The number of rotatable bonds is 3. The van der Waals surface area contributed by atoms with Gasteiger partial charge in [-0.3, -0.25) is 9.59 Å². The molecule has 2 amide bonds. The van der Waals surface area contributed by atoms with Gasteiger partial charge in [0.25, 0.3) is 5.91 Å². The van der Waals surface area contributed by atoms with E-state index in [0.717, 1.165) is 22.2 Å². The highest BCUT2D eigenvalue weighted by molar-refractivity contribution is 7.22. The number of benzene rings is 1. The second-order valence-electron chi connectivity index (χ2n) is 6.11. The number of nitrogens with one attached hydrogen (secondary N) is 1. The number of aromatic nitrogens is 1. The molecule has 0 radical (unpaired) electrons. The highest BCUT2D eigenvalue weighted by Gasteiger charge is 2.35. The van der Waals surface area contributed by atoms with Gasteiger partial charge < -0.3 is 10.2 Å². The zero-order valence-corrected chi connectivity index (χ0v) is 15.3. The van der Waals surface area contributed by atoms with E-state index in [4.69, 9.17) is 0 Å². The minimum atomic E-state index is -0.427. The summed E-state index contributed by atoms with van der Waals surface area (Å²) in [4.78, 5) is 32.1. The van der Waals surface area contributed by atoms with E-state index >= 15 is 0 Å². The zero-order chi connectivity index (χ0) is 17.4. The third-order valence-corrected chi connectivity index (χ3v) is 6.11. The normalized spacial score (nSPS) is 17.2. The van der Waals surface area contributed by atoms with E-state index in [1.807, 2.05) is 30.5 Å². The lowest BCUT2D eigenvalue weighted by molar-refractivity contribution is -0.119. The molecule has 0 saturated carbocycles. The summed E-state index contributed by atoms with van der Waals surface area (Å²) in [7, 11) is 0. The van der Waals surface area contributed by atoms with Crippen LogP contribution in [0.4, 0.5) is 5.13 Å². The molecule has 0 unspecified atom stereocenters. The summed E-state index contributed by atoms with van der Waals surface area (Å²) in [6, 6.07) is 9.25. The SMILES string of the molecule is Cc1ccc2nc(NC(=O)[C@@H]3CCCN3C(=O)c3cccs3)sc2c1. The Morgan fingerprint density at radius 1 is 1.32 bits per heavy atom. The maximum atomic E-state index is 12.7. The van der Waals surface area contributed by atoms with E-state index in [-0.39, 0.29) is 11.8 Å². The number of amides is 2. The maximum Gasteiger partial charge on any atom is 0.264 e. The number of thiazole rings is 1. The van der Waals surface area contributed by atoms with Crippen molar-refractivity contribution >= 4 is 49.8 Å². The minimum Gasteiger partial charge on any atom is -0.326 e. The minimum absolute atomic E-state index is 0.0624. The molecule has 3 heterocycles. The van der Waals surface area contributed by atoms with Crippen molar-refractivity contribution < 1.29 is 9.59 Å². The molecule has 7 heteroatoms. The van der Waals surface area contributed by atoms with Crippen LogP contribution in [0.5, 0.6) is 0 Å². The van der Waals surface area contributed by atoms with E-state index in [1.54, 1.807) is 11.0 Å². The molecule has 0 bridgehead atoms. The van der Waals surface area contributed by atoms with Crippen LogP contribution in [-0.4, -0.2) is 34.3 Å². The average Bonchev–Trinajstić information content (AvgIpc) is 3.33. The van der Waals surface area contributed by atoms with Crippen LogP contribution in [0.25, 0.3) is 10.2 Å². The average molecular weight is 371 g/mol. The molecule has 1 aromatic carbocycles. The molecular formula is C18H17N3O2S2. The lowest BCUT2D eigenvalue weighted by Gasteiger charge is -2.22. The Hall–Kier alpha value is -2.25. The molecule has 1 atom stereocenters. The number of thiophene rings is 1. The van der Waals surface area contributed by atoms with Crippen molar-refractivity contribution in [3.8, 4) is 0 Å². The summed E-state index contributed by atoms with van der Waals surface area (Å²) in [6.45, 7) is 2.65. The van der Waals surface area contributed by atoms with Crippen molar-refractivity contribution in [3.05, 3.63) is 46.2 Å². The summed E-state index contributed by atoms with van der Waals surface area (Å²) in [6.07, 6.45) is 1.53. The van der Waals surface area contributed by atoms with E-state index in [1.165, 1.54) is 22.7 Å². The molecule has 5 nitrogen and oxygen atoms in total. The first-order valence-electron chi connectivity index (χ1n) is 8.14. The predicted molar refractivity (Wildman–Crippen MR) is 101 cm³/mol. The Morgan fingerprint density at radius 2 is 2.20 bits per heavy atom. The first-order chi connectivity index (χ1) is 12.1. The summed E-state index contributed by atoms with van der Waals surface area (Å²) in [5.74, 6) is -0.217. The number of carbonyl (C=O) groups excluding carboxylic acids is 2. The van der Waals surface area contributed by atoms with Gasteiger partial charge >= 0.3 is 0 Å². The van der Waals surface area contributed by atoms with Crippen LogP contribution >= 0.6 is 22.7 Å². The van der Waals surface area contributed by atoms with Crippen molar-refractivity contribution in [2.24, 2.45) is 0 Å². The molecule has 128 valence electrons. The Kier molecular flexibility index (Phi) is 4.27. The monoisotopic (exact) mass is 371 g/mol. The first kappa shape index (κ1) is 16.2. The molecular weight excluding hydrogens is 354 g/mol. The molecule has 0 spiro atoms. The van der Waals surface area contributed by atoms with E-state index in [2.05, 4.69) is 16.4 Å². The summed E-state index contributed by atoms with van der Waals surface area (Å²) in [5, 5.41) is 5.36. The molecule has 1 saturated heterocycles. The molecule has 1 N–H and O–H groups in total. The van der Waals surface area contributed by atoms with Gasteiger partial charge in [0, 0.05) is 6.54 Å². The second-order valence-corrected chi connectivity index (χ2v) is 8.09. The Balaban J connectivity index is 1.52. The van der Waals surface area contributed by atoms with Crippen molar-refractivity contribution in [2.45, 2.75) is 25.8 Å². The van der Waals surface area contributed by atoms with E-state index in [0.29, 0.717) is 23.0 Å². The smallest absolute Gasteiger partial charge is 0.264 e. The fourth-order valence-corrected chi connectivity index (χ4v) is 4.74. The number of aryl methyl sites for hydroxylation is 1. The Morgan fingerprint density at radius 3 is 3.00 bits per heavy atom. The second kappa shape index (κ2) is 6.57. The Bertz CT molecular complexity index is 933. The Labute approximate surface area is 153 Å². The predicted octanol–water partition coefficient (Wildman–Crippen LogP) is 3.91. The van der Waals surface area contributed by atoms with Crippen LogP contribution in [0.2, 0.25) is 0 Å². The quantitative estimate of drug-likeness (QED) is 0.759. The number of anilines is 1. The number of fused-ring (bicyclic) bond motifs is 1. The van der Waals surface area contributed by atoms with Gasteiger partial charge in [0.1, 0.15) is 6.04 Å². The van der Waals surface area contributed by atoms with Crippen molar-refractivity contribution in [2.75, 3.05) is 11.9 Å². The molecule has 1 aliphatic heterocycles. The van der Waals surface area contributed by atoms with Crippen molar-refractivity contribution in [1.29, 1.82) is 0 Å². The number of likely N-dealkylation sites (tertiary alicyclic amines) is 1. The highest BCUT2D eigenvalue weighted by Crippen LogP contribution is 2.28. The van der Waals surface area contributed by atoms with Gasteiger partial charge in [0.15, 0.2) is 5.13 Å². The first-order valence-corrected chi connectivity index (χ1v) is 9.84. The summed E-state index contributed by atoms with van der Waals surface area (Å²) in [5.41, 5.74) is 2.04. The number of nitrogens with zero attached hydrogens (tertiary/aromatic N) is 2. The van der Waals surface area contributed by atoms with E-state index in [9.17, 15) is 9.59 Å².